The van der Waals surface area contributed by atoms with Crippen LogP contribution in [0.1, 0.15) is 17.5 Å². The summed E-state index contributed by atoms with van der Waals surface area (Å²) in [7, 11) is 1.98. The van der Waals surface area contributed by atoms with Gasteiger partial charge in [0, 0.05) is 24.1 Å². The quantitative estimate of drug-likeness (QED) is 0.647. The van der Waals surface area contributed by atoms with Crippen LogP contribution >= 0.6 is 23.1 Å². The molecule has 0 spiro atoms. The van der Waals surface area contributed by atoms with E-state index in [2.05, 4.69) is 43.1 Å². The average molecular weight is 357 g/mol. The van der Waals surface area contributed by atoms with Gasteiger partial charge in [-0.05, 0) is 37.1 Å². The van der Waals surface area contributed by atoms with Crippen LogP contribution in [0.5, 0.6) is 0 Å². The third-order valence-corrected chi connectivity index (χ3v) is 6.17. The van der Waals surface area contributed by atoms with Crippen molar-refractivity contribution in [3.05, 3.63) is 58.4 Å². The summed E-state index contributed by atoms with van der Waals surface area (Å²) in [5.74, 6) is 0.690. The van der Waals surface area contributed by atoms with E-state index in [9.17, 15) is 4.79 Å². The van der Waals surface area contributed by atoms with Gasteiger partial charge in [-0.25, -0.2) is 0 Å². The molecule has 1 aromatic heterocycles. The highest BCUT2D eigenvalue weighted by Crippen LogP contribution is 2.24. The van der Waals surface area contributed by atoms with Crippen molar-refractivity contribution < 1.29 is 4.79 Å². The number of hydrogen-bond acceptors (Lipinski definition) is 3. The van der Waals surface area contributed by atoms with Gasteiger partial charge in [0.05, 0.1) is 10.2 Å². The van der Waals surface area contributed by atoms with Gasteiger partial charge in [0.1, 0.15) is 0 Å². The van der Waals surface area contributed by atoms with Gasteiger partial charge in [-0.2, -0.15) is 4.99 Å². The molecule has 0 atom stereocenters. The highest BCUT2D eigenvalue weighted by atomic mass is 32.2. The number of thioether (sulfide) groups is 1. The van der Waals surface area contributed by atoms with Gasteiger partial charge in [0.2, 0.25) is 5.91 Å². The Labute approximate surface area is 150 Å². The van der Waals surface area contributed by atoms with Crippen molar-refractivity contribution in [2.24, 2.45) is 12.0 Å². The first kappa shape index (κ1) is 17.0. The minimum absolute atomic E-state index is 0.0594. The molecule has 5 heteroatoms. The summed E-state index contributed by atoms with van der Waals surface area (Å²) in [4.78, 5) is 18.5. The maximum Gasteiger partial charge on any atom is 0.249 e. The van der Waals surface area contributed by atoms with Crippen LogP contribution in [0.15, 0.2) is 52.4 Å². The summed E-state index contributed by atoms with van der Waals surface area (Å²) in [5, 5.41) is 0. The molecule has 0 saturated carbocycles. The zero-order chi connectivity index (χ0) is 17.1. The number of hydrogen-bond donors (Lipinski definition) is 0. The van der Waals surface area contributed by atoms with E-state index in [0.717, 1.165) is 10.6 Å². The fraction of sp³-hybridized carbons (Fsp3) is 0.263. The molecule has 124 valence electrons. The van der Waals surface area contributed by atoms with Gasteiger partial charge in [-0.1, -0.05) is 41.7 Å². The van der Waals surface area contributed by atoms with Gasteiger partial charge >= 0.3 is 0 Å². The number of thiazole rings is 1. The zero-order valence-corrected chi connectivity index (χ0v) is 15.7. The first-order chi connectivity index (χ1) is 11.6. The van der Waals surface area contributed by atoms with E-state index in [1.165, 1.54) is 26.2 Å². The molecule has 0 bridgehead atoms. The third kappa shape index (κ3) is 3.62. The summed E-state index contributed by atoms with van der Waals surface area (Å²) in [5.41, 5.74) is 3.61. The topological polar surface area (TPSA) is 34.4 Å². The fourth-order valence-electron chi connectivity index (χ4n) is 2.60. The molecule has 2 aromatic carbocycles. The van der Waals surface area contributed by atoms with E-state index in [4.69, 9.17) is 0 Å². The van der Waals surface area contributed by atoms with Crippen molar-refractivity contribution in [3.8, 4) is 0 Å². The molecule has 0 radical (unpaired) electrons. The van der Waals surface area contributed by atoms with E-state index in [-0.39, 0.29) is 5.91 Å². The summed E-state index contributed by atoms with van der Waals surface area (Å²) < 4.78 is 3.24. The molecule has 0 fully saturated rings. The smallest absolute Gasteiger partial charge is 0.249 e. The lowest BCUT2D eigenvalue weighted by molar-refractivity contribution is -0.117. The molecule has 3 nitrogen and oxygen atoms in total. The van der Waals surface area contributed by atoms with Gasteiger partial charge in [0.25, 0.3) is 0 Å². The second kappa shape index (κ2) is 7.36. The molecule has 0 aliphatic rings. The van der Waals surface area contributed by atoms with Crippen LogP contribution in [0.2, 0.25) is 0 Å². The van der Waals surface area contributed by atoms with Crippen LogP contribution in [-0.4, -0.2) is 16.2 Å². The Balaban J connectivity index is 1.77. The second-order valence-corrected chi connectivity index (χ2v) is 7.88. The number of amides is 1. The van der Waals surface area contributed by atoms with Crippen LogP contribution in [0, 0.1) is 13.8 Å². The van der Waals surface area contributed by atoms with E-state index >= 15 is 0 Å². The minimum Gasteiger partial charge on any atom is -0.319 e. The highest BCUT2D eigenvalue weighted by molar-refractivity contribution is 7.99. The molecule has 0 N–H and O–H groups in total. The molecule has 0 unspecified atom stereocenters. The molecule has 1 heterocycles. The van der Waals surface area contributed by atoms with Crippen molar-refractivity contribution in [3.63, 3.8) is 0 Å². The Kier molecular flexibility index (Phi) is 5.21. The Hall–Kier alpha value is -1.85. The van der Waals surface area contributed by atoms with Gasteiger partial charge in [0.15, 0.2) is 4.80 Å². The summed E-state index contributed by atoms with van der Waals surface area (Å²) in [6, 6.07) is 14.4. The number of rotatable bonds is 4. The molecule has 1 amide bonds. The SMILES string of the molecule is Cc1ccc(C)c2c1sc(=NC(=O)CCSc1ccccc1)n2C. The molecule has 3 aromatic rings. The van der Waals surface area contributed by atoms with E-state index < -0.39 is 0 Å². The number of aryl methyl sites for hydroxylation is 3. The fourth-order valence-corrected chi connectivity index (χ4v) is 4.65. The lowest BCUT2D eigenvalue weighted by Crippen LogP contribution is -2.13. The standard InChI is InChI=1S/C19H20N2OS2/c1-13-9-10-14(2)18-17(13)21(3)19(24-18)20-16(22)11-12-23-15-7-5-4-6-8-15/h4-10H,11-12H2,1-3H3. The number of carbonyl (C=O) groups is 1. The van der Waals surface area contributed by atoms with Crippen molar-refractivity contribution in [2.75, 3.05) is 5.75 Å². The Morgan fingerprint density at radius 1 is 1.12 bits per heavy atom. The second-order valence-electron chi connectivity index (χ2n) is 5.74. The normalized spacial score (nSPS) is 12.0. The van der Waals surface area contributed by atoms with Crippen LogP contribution < -0.4 is 4.80 Å². The van der Waals surface area contributed by atoms with Gasteiger partial charge in [-0.15, -0.1) is 11.8 Å². The Bertz CT molecular complexity index is 939. The van der Waals surface area contributed by atoms with Crippen LogP contribution in [-0.2, 0) is 11.8 Å². The van der Waals surface area contributed by atoms with Gasteiger partial charge in [-0.3, -0.25) is 4.79 Å². The predicted molar refractivity (Wildman–Crippen MR) is 103 cm³/mol. The van der Waals surface area contributed by atoms with Crippen molar-refractivity contribution in [1.29, 1.82) is 0 Å². The zero-order valence-electron chi connectivity index (χ0n) is 14.1. The highest BCUT2D eigenvalue weighted by Gasteiger charge is 2.09. The summed E-state index contributed by atoms with van der Waals surface area (Å²) in [6.07, 6.45) is 0.450. The van der Waals surface area contributed by atoms with Crippen LogP contribution in [0.3, 0.4) is 0 Å². The Morgan fingerprint density at radius 3 is 2.54 bits per heavy atom. The molecule has 0 saturated heterocycles. The predicted octanol–water partition coefficient (Wildman–Crippen LogP) is 4.47. The number of fused-ring (bicyclic) bond motifs is 1. The number of nitrogens with zero attached hydrogens (tertiary/aromatic N) is 2. The first-order valence-corrected chi connectivity index (χ1v) is 9.67. The van der Waals surface area contributed by atoms with Crippen LogP contribution in [0.4, 0.5) is 0 Å². The lowest BCUT2D eigenvalue weighted by atomic mass is 10.1. The maximum atomic E-state index is 12.2. The monoisotopic (exact) mass is 356 g/mol. The number of carbonyl (C=O) groups excluding carboxylic acids is 1. The first-order valence-electron chi connectivity index (χ1n) is 7.87. The molecular formula is C19H20N2OS2. The molecule has 0 aliphatic carbocycles. The number of aromatic nitrogens is 1. The summed E-state index contributed by atoms with van der Waals surface area (Å²) in [6.45, 7) is 4.19. The van der Waals surface area contributed by atoms with Crippen molar-refractivity contribution in [2.45, 2.75) is 25.2 Å². The van der Waals surface area contributed by atoms with E-state index in [1.807, 2.05) is 29.8 Å². The molecule has 24 heavy (non-hydrogen) atoms. The third-order valence-electron chi connectivity index (χ3n) is 3.89. The van der Waals surface area contributed by atoms with Crippen molar-refractivity contribution >= 4 is 39.2 Å². The summed E-state index contributed by atoms with van der Waals surface area (Å²) >= 11 is 3.28. The largest absolute Gasteiger partial charge is 0.319 e. The van der Waals surface area contributed by atoms with E-state index in [0.29, 0.717) is 6.42 Å². The van der Waals surface area contributed by atoms with Crippen molar-refractivity contribution in [1.82, 2.24) is 4.57 Å². The maximum absolute atomic E-state index is 12.2. The van der Waals surface area contributed by atoms with Crippen LogP contribution in [0.25, 0.3) is 10.2 Å². The molecule has 3 rings (SSSR count). The Morgan fingerprint density at radius 2 is 1.83 bits per heavy atom. The lowest BCUT2D eigenvalue weighted by Gasteiger charge is -2.01. The molecule has 0 aliphatic heterocycles. The van der Waals surface area contributed by atoms with E-state index in [1.54, 1.807) is 23.1 Å². The van der Waals surface area contributed by atoms with Gasteiger partial charge < -0.3 is 4.57 Å². The average Bonchev–Trinajstić information content (AvgIpc) is 2.90. The number of benzene rings is 2. The molecular weight excluding hydrogens is 336 g/mol. The minimum atomic E-state index is -0.0594.